The summed E-state index contributed by atoms with van der Waals surface area (Å²) in [4.78, 5) is 21.3. The summed E-state index contributed by atoms with van der Waals surface area (Å²) in [6, 6.07) is 0. The molecule has 4 nitrogen and oxygen atoms in total. The van der Waals surface area contributed by atoms with E-state index in [-0.39, 0.29) is 58.2 Å². The molecular weight excluding hydrogens is 333 g/mol. The van der Waals surface area contributed by atoms with Crippen LogP contribution in [-0.4, -0.2) is 71.0 Å². The van der Waals surface area contributed by atoms with Gasteiger partial charge in [0.1, 0.15) is 0 Å². The van der Waals surface area contributed by atoms with Crippen LogP contribution in [0.25, 0.3) is 0 Å². The van der Waals surface area contributed by atoms with Crippen LogP contribution in [0.1, 0.15) is 47.8 Å². The molecule has 5 heteroatoms. The fraction of sp³-hybridized carbons (Fsp3) is 0.818. The molecule has 0 aliphatic heterocycles. The van der Waals surface area contributed by atoms with Crippen molar-refractivity contribution in [2.75, 3.05) is 0 Å². The molecule has 90 valence electrons. The molecule has 1 rings (SSSR count). The third-order valence-electron chi connectivity index (χ3n) is 3.18. The van der Waals surface area contributed by atoms with E-state index in [1.807, 2.05) is 0 Å². The van der Waals surface area contributed by atoms with Crippen molar-refractivity contribution >= 4 is 60.8 Å². The number of carboxylic acid groups (broad SMARTS) is 2. The molecule has 0 bridgehead atoms. The number of carbonyl (C=O) groups is 2. The minimum Gasteiger partial charge on any atom is -1.00 e. The molecule has 0 unspecified atom stereocenters. The molecule has 16 heavy (non-hydrogen) atoms. The van der Waals surface area contributed by atoms with Crippen molar-refractivity contribution in [1.29, 1.82) is 0 Å². The predicted octanol–water partition coefficient (Wildman–Crippen LogP) is 1.98. The van der Waals surface area contributed by atoms with Crippen LogP contribution in [0, 0.1) is 11.8 Å². The first-order valence-corrected chi connectivity index (χ1v) is 5.57. The standard InChI is InChI=1S/C11H18O4.Ba.2H/c12-10(13)9(11(14)15)7-6-8-4-2-1-3-5-8;;;/h8-9H,1-7H2,(H,12,13)(H,14,15);;;/q;+2;2*-1. The Bertz CT molecular complexity index is 231. The van der Waals surface area contributed by atoms with Crippen LogP contribution in [0.15, 0.2) is 0 Å². The number of hydrogen-bond donors (Lipinski definition) is 2. The molecule has 0 aromatic heterocycles. The van der Waals surface area contributed by atoms with Crippen LogP contribution in [0.2, 0.25) is 0 Å². The van der Waals surface area contributed by atoms with E-state index in [0.29, 0.717) is 5.92 Å². The van der Waals surface area contributed by atoms with Gasteiger partial charge in [-0.1, -0.05) is 32.1 Å². The van der Waals surface area contributed by atoms with Gasteiger partial charge in [-0.05, 0) is 18.8 Å². The van der Waals surface area contributed by atoms with Crippen LogP contribution in [-0.2, 0) is 9.59 Å². The van der Waals surface area contributed by atoms with Gasteiger partial charge in [-0.2, -0.15) is 0 Å². The minimum absolute atomic E-state index is 0. The Morgan fingerprint density at radius 1 is 1.12 bits per heavy atom. The maximum absolute atomic E-state index is 10.6. The number of aliphatic carboxylic acids is 2. The van der Waals surface area contributed by atoms with Crippen LogP contribution in [0.4, 0.5) is 0 Å². The van der Waals surface area contributed by atoms with Crippen LogP contribution in [0.3, 0.4) is 0 Å². The van der Waals surface area contributed by atoms with Gasteiger partial charge in [-0.3, -0.25) is 9.59 Å². The minimum atomic E-state index is -1.22. The van der Waals surface area contributed by atoms with Crippen molar-refractivity contribution in [2.45, 2.75) is 44.9 Å². The summed E-state index contributed by atoms with van der Waals surface area (Å²) in [6.07, 6.45) is 6.94. The Balaban J connectivity index is -0.000000750. The molecule has 0 spiro atoms. The fourth-order valence-corrected chi connectivity index (χ4v) is 2.23. The number of rotatable bonds is 5. The first kappa shape index (κ1) is 16.5. The van der Waals surface area contributed by atoms with Crippen molar-refractivity contribution in [3.05, 3.63) is 0 Å². The summed E-state index contributed by atoms with van der Waals surface area (Å²) in [5.41, 5.74) is 0. The summed E-state index contributed by atoms with van der Waals surface area (Å²) < 4.78 is 0. The van der Waals surface area contributed by atoms with E-state index in [2.05, 4.69) is 0 Å². The zero-order valence-electron chi connectivity index (χ0n) is 11.5. The Kier molecular flexibility index (Phi) is 8.85. The van der Waals surface area contributed by atoms with Gasteiger partial charge in [0.25, 0.3) is 0 Å². The van der Waals surface area contributed by atoms with Crippen molar-refractivity contribution in [1.82, 2.24) is 0 Å². The molecule has 2 N–H and O–H groups in total. The molecule has 0 atom stereocenters. The van der Waals surface area contributed by atoms with Gasteiger partial charge >= 0.3 is 60.8 Å². The first-order valence-electron chi connectivity index (χ1n) is 5.57. The molecule has 0 heterocycles. The van der Waals surface area contributed by atoms with Gasteiger partial charge in [-0.15, -0.1) is 0 Å². The van der Waals surface area contributed by atoms with Crippen LogP contribution < -0.4 is 0 Å². The third-order valence-corrected chi connectivity index (χ3v) is 3.18. The van der Waals surface area contributed by atoms with Gasteiger partial charge in [0.05, 0.1) is 0 Å². The zero-order valence-corrected chi connectivity index (χ0v) is 14.0. The monoisotopic (exact) mass is 354 g/mol. The Labute approximate surface area is 139 Å². The smallest absolute Gasteiger partial charge is 1.00 e. The van der Waals surface area contributed by atoms with Gasteiger partial charge in [-0.25, -0.2) is 0 Å². The molecule has 0 amide bonds. The molecule has 0 radical (unpaired) electrons. The predicted molar refractivity (Wildman–Crippen MR) is 62.5 cm³/mol. The second-order valence-corrected chi connectivity index (χ2v) is 4.31. The molecule has 1 aliphatic carbocycles. The van der Waals surface area contributed by atoms with Crippen molar-refractivity contribution in [2.24, 2.45) is 11.8 Å². The van der Waals surface area contributed by atoms with Crippen molar-refractivity contribution in [3.63, 3.8) is 0 Å². The Morgan fingerprint density at radius 2 is 1.62 bits per heavy atom. The molecule has 1 aliphatic rings. The zero-order chi connectivity index (χ0) is 11.3. The van der Waals surface area contributed by atoms with Crippen LogP contribution >= 0.6 is 0 Å². The first-order chi connectivity index (χ1) is 7.11. The summed E-state index contributed by atoms with van der Waals surface area (Å²) in [5.74, 6) is -3.09. The number of carboxylic acids is 2. The molecule has 1 saturated carbocycles. The molecule has 0 saturated heterocycles. The molecule has 0 aromatic carbocycles. The van der Waals surface area contributed by atoms with Gasteiger partial charge in [0, 0.05) is 0 Å². The molecule has 1 fully saturated rings. The summed E-state index contributed by atoms with van der Waals surface area (Å²) in [6.45, 7) is 0. The van der Waals surface area contributed by atoms with Gasteiger partial charge < -0.3 is 13.1 Å². The summed E-state index contributed by atoms with van der Waals surface area (Å²) >= 11 is 0. The summed E-state index contributed by atoms with van der Waals surface area (Å²) in [5, 5.41) is 17.4. The third kappa shape index (κ3) is 5.72. The second-order valence-electron chi connectivity index (χ2n) is 4.31. The average molecular weight is 354 g/mol. The Morgan fingerprint density at radius 3 is 2.06 bits per heavy atom. The second kappa shape index (κ2) is 8.58. The van der Waals surface area contributed by atoms with Crippen molar-refractivity contribution < 1.29 is 22.7 Å². The van der Waals surface area contributed by atoms with E-state index < -0.39 is 17.9 Å². The van der Waals surface area contributed by atoms with Gasteiger partial charge in [0.15, 0.2) is 5.92 Å². The van der Waals surface area contributed by atoms with Crippen molar-refractivity contribution in [3.8, 4) is 0 Å². The largest absolute Gasteiger partial charge is 2.00 e. The SMILES string of the molecule is O=C(O)C(CCC1CCCCC1)C(=O)O.[Ba+2].[H-].[H-]. The average Bonchev–Trinajstić information content (AvgIpc) is 2.18. The van der Waals surface area contributed by atoms with E-state index in [1.54, 1.807) is 0 Å². The normalized spacial score (nSPS) is 16.8. The quantitative estimate of drug-likeness (QED) is 0.585. The van der Waals surface area contributed by atoms with Gasteiger partial charge in [0.2, 0.25) is 0 Å². The van der Waals surface area contributed by atoms with Crippen LogP contribution in [0.5, 0.6) is 0 Å². The van der Waals surface area contributed by atoms with E-state index in [1.165, 1.54) is 19.3 Å². The molecule has 0 aromatic rings. The Hall–Kier alpha value is 0.511. The maximum atomic E-state index is 10.6. The molecular formula is C11H20BaO4. The van der Waals surface area contributed by atoms with E-state index in [4.69, 9.17) is 10.2 Å². The number of hydrogen-bond acceptors (Lipinski definition) is 2. The maximum Gasteiger partial charge on any atom is 2.00 e. The fourth-order valence-electron chi connectivity index (χ4n) is 2.23. The van der Waals surface area contributed by atoms with E-state index >= 15 is 0 Å². The summed E-state index contributed by atoms with van der Waals surface area (Å²) in [7, 11) is 0. The topological polar surface area (TPSA) is 74.6 Å². The van der Waals surface area contributed by atoms with E-state index in [9.17, 15) is 9.59 Å². The van der Waals surface area contributed by atoms with E-state index in [0.717, 1.165) is 19.3 Å².